The third-order valence-corrected chi connectivity index (χ3v) is 3.09. The normalized spacial score (nSPS) is 11.8. The standard InChI is InChI=1S/C16H10F3N/c17-16(18,19)13-8-6-12-7-9-14(20-15(12)10-13)11-4-2-1-3-5-11/h1-10H. The molecular formula is C16H10F3N. The predicted octanol–water partition coefficient (Wildman–Crippen LogP) is 4.92. The lowest BCUT2D eigenvalue weighted by molar-refractivity contribution is -0.137. The van der Waals surface area contributed by atoms with Gasteiger partial charge in [-0.05, 0) is 18.2 Å². The van der Waals surface area contributed by atoms with E-state index in [1.807, 2.05) is 36.4 Å². The highest BCUT2D eigenvalue weighted by Gasteiger charge is 2.30. The number of fused-ring (bicyclic) bond motifs is 1. The quantitative estimate of drug-likeness (QED) is 0.613. The number of hydrogen-bond acceptors (Lipinski definition) is 1. The fourth-order valence-electron chi connectivity index (χ4n) is 2.06. The molecule has 0 aliphatic heterocycles. The van der Waals surface area contributed by atoms with E-state index in [4.69, 9.17) is 0 Å². The molecular weight excluding hydrogens is 263 g/mol. The molecule has 1 aromatic heterocycles. The molecule has 1 heterocycles. The molecule has 0 unspecified atom stereocenters. The van der Waals surface area contributed by atoms with Crippen molar-refractivity contribution in [1.82, 2.24) is 4.98 Å². The second-order valence-corrected chi connectivity index (χ2v) is 4.47. The highest BCUT2D eigenvalue weighted by atomic mass is 19.4. The lowest BCUT2D eigenvalue weighted by Gasteiger charge is -2.08. The van der Waals surface area contributed by atoms with Gasteiger partial charge in [-0.1, -0.05) is 42.5 Å². The van der Waals surface area contributed by atoms with Gasteiger partial charge in [-0.3, -0.25) is 0 Å². The summed E-state index contributed by atoms with van der Waals surface area (Å²) in [6.45, 7) is 0. The van der Waals surface area contributed by atoms with Gasteiger partial charge < -0.3 is 0 Å². The smallest absolute Gasteiger partial charge is 0.248 e. The number of rotatable bonds is 1. The highest BCUT2D eigenvalue weighted by Crippen LogP contribution is 2.31. The van der Waals surface area contributed by atoms with Crippen LogP contribution in [0.1, 0.15) is 5.56 Å². The van der Waals surface area contributed by atoms with Crippen LogP contribution in [0.25, 0.3) is 22.2 Å². The fraction of sp³-hybridized carbons (Fsp3) is 0.0625. The Hall–Kier alpha value is -2.36. The minimum Gasteiger partial charge on any atom is -0.248 e. The van der Waals surface area contributed by atoms with Crippen molar-refractivity contribution in [3.63, 3.8) is 0 Å². The van der Waals surface area contributed by atoms with E-state index in [9.17, 15) is 13.2 Å². The van der Waals surface area contributed by atoms with Gasteiger partial charge in [0, 0.05) is 10.9 Å². The van der Waals surface area contributed by atoms with Gasteiger partial charge in [0.05, 0.1) is 16.8 Å². The SMILES string of the molecule is FC(F)(F)c1ccc2ccc(-c3ccccc3)nc2c1. The van der Waals surface area contributed by atoms with Crippen molar-refractivity contribution in [2.45, 2.75) is 6.18 Å². The molecule has 2 aromatic carbocycles. The second-order valence-electron chi connectivity index (χ2n) is 4.47. The molecule has 3 rings (SSSR count). The fourth-order valence-corrected chi connectivity index (χ4v) is 2.06. The van der Waals surface area contributed by atoms with Gasteiger partial charge in [0.25, 0.3) is 0 Å². The van der Waals surface area contributed by atoms with E-state index in [1.165, 1.54) is 6.07 Å². The Labute approximate surface area is 113 Å². The maximum absolute atomic E-state index is 12.7. The van der Waals surface area contributed by atoms with Gasteiger partial charge >= 0.3 is 6.18 Å². The topological polar surface area (TPSA) is 12.9 Å². The second kappa shape index (κ2) is 4.63. The van der Waals surface area contributed by atoms with Crippen LogP contribution in [0.5, 0.6) is 0 Å². The first kappa shape index (κ1) is 12.7. The summed E-state index contributed by atoms with van der Waals surface area (Å²) in [5.74, 6) is 0. The summed E-state index contributed by atoms with van der Waals surface area (Å²) in [6, 6.07) is 16.6. The zero-order valence-electron chi connectivity index (χ0n) is 10.4. The van der Waals surface area contributed by atoms with Crippen molar-refractivity contribution >= 4 is 10.9 Å². The van der Waals surface area contributed by atoms with Gasteiger partial charge in [0.15, 0.2) is 0 Å². The molecule has 4 heteroatoms. The average molecular weight is 273 g/mol. The third kappa shape index (κ3) is 2.37. The van der Waals surface area contributed by atoms with Gasteiger partial charge in [0.2, 0.25) is 0 Å². The molecule has 0 aliphatic rings. The number of alkyl halides is 3. The van der Waals surface area contributed by atoms with Crippen molar-refractivity contribution < 1.29 is 13.2 Å². The van der Waals surface area contributed by atoms with Crippen LogP contribution in [-0.2, 0) is 6.18 Å². The maximum atomic E-state index is 12.7. The van der Waals surface area contributed by atoms with E-state index in [0.717, 1.165) is 17.7 Å². The van der Waals surface area contributed by atoms with Gasteiger partial charge in [-0.15, -0.1) is 0 Å². The van der Waals surface area contributed by atoms with E-state index in [-0.39, 0.29) is 0 Å². The Morgan fingerprint density at radius 1 is 0.800 bits per heavy atom. The lowest BCUT2D eigenvalue weighted by atomic mass is 10.1. The van der Waals surface area contributed by atoms with Crippen molar-refractivity contribution in [3.8, 4) is 11.3 Å². The van der Waals surface area contributed by atoms with E-state index < -0.39 is 11.7 Å². The number of halogens is 3. The van der Waals surface area contributed by atoms with Crippen LogP contribution in [0.15, 0.2) is 60.7 Å². The van der Waals surface area contributed by atoms with Crippen molar-refractivity contribution in [2.24, 2.45) is 0 Å². The number of aromatic nitrogens is 1. The van der Waals surface area contributed by atoms with Crippen LogP contribution >= 0.6 is 0 Å². The molecule has 100 valence electrons. The maximum Gasteiger partial charge on any atom is 0.416 e. The minimum absolute atomic E-state index is 0.348. The molecule has 0 saturated carbocycles. The van der Waals surface area contributed by atoms with Crippen molar-refractivity contribution in [3.05, 3.63) is 66.2 Å². The summed E-state index contributed by atoms with van der Waals surface area (Å²) in [7, 11) is 0. The number of benzene rings is 2. The van der Waals surface area contributed by atoms with Crippen LogP contribution in [-0.4, -0.2) is 4.98 Å². The van der Waals surface area contributed by atoms with Gasteiger partial charge in [-0.25, -0.2) is 4.98 Å². The molecule has 0 fully saturated rings. The molecule has 0 bridgehead atoms. The molecule has 0 saturated heterocycles. The van der Waals surface area contributed by atoms with Crippen LogP contribution < -0.4 is 0 Å². The minimum atomic E-state index is -4.35. The summed E-state index contributed by atoms with van der Waals surface area (Å²) >= 11 is 0. The molecule has 0 spiro atoms. The third-order valence-electron chi connectivity index (χ3n) is 3.09. The van der Waals surface area contributed by atoms with Gasteiger partial charge in [-0.2, -0.15) is 13.2 Å². The Balaban J connectivity index is 2.14. The van der Waals surface area contributed by atoms with E-state index >= 15 is 0 Å². The summed E-state index contributed by atoms with van der Waals surface area (Å²) < 4.78 is 38.1. The van der Waals surface area contributed by atoms with Crippen LogP contribution in [0.2, 0.25) is 0 Å². The Kier molecular flexibility index (Phi) is 2.93. The molecule has 0 amide bonds. The van der Waals surface area contributed by atoms with E-state index in [0.29, 0.717) is 16.6 Å². The molecule has 0 N–H and O–H groups in total. The van der Waals surface area contributed by atoms with Crippen molar-refractivity contribution in [2.75, 3.05) is 0 Å². The van der Waals surface area contributed by atoms with E-state index in [1.54, 1.807) is 6.07 Å². The molecule has 0 atom stereocenters. The summed E-state index contributed by atoms with van der Waals surface area (Å²) in [5.41, 5.74) is 1.22. The highest BCUT2D eigenvalue weighted by molar-refractivity contribution is 5.82. The average Bonchev–Trinajstić information content (AvgIpc) is 2.46. The Morgan fingerprint density at radius 2 is 1.50 bits per heavy atom. The molecule has 3 aromatic rings. The van der Waals surface area contributed by atoms with E-state index in [2.05, 4.69) is 4.98 Å². The lowest BCUT2D eigenvalue weighted by Crippen LogP contribution is -2.04. The number of hydrogen-bond donors (Lipinski definition) is 0. The Morgan fingerprint density at radius 3 is 2.20 bits per heavy atom. The molecule has 0 aliphatic carbocycles. The number of pyridine rings is 1. The van der Waals surface area contributed by atoms with Gasteiger partial charge in [0.1, 0.15) is 0 Å². The largest absolute Gasteiger partial charge is 0.416 e. The first-order valence-electron chi connectivity index (χ1n) is 6.07. The first-order valence-corrected chi connectivity index (χ1v) is 6.07. The summed E-state index contributed by atoms with van der Waals surface area (Å²) in [5, 5.41) is 0.692. The predicted molar refractivity (Wildman–Crippen MR) is 72.2 cm³/mol. The molecule has 20 heavy (non-hydrogen) atoms. The van der Waals surface area contributed by atoms with Crippen molar-refractivity contribution in [1.29, 1.82) is 0 Å². The summed E-state index contributed by atoms with van der Waals surface area (Å²) in [6.07, 6.45) is -4.35. The summed E-state index contributed by atoms with van der Waals surface area (Å²) in [4.78, 5) is 4.32. The number of nitrogens with zero attached hydrogens (tertiary/aromatic N) is 1. The zero-order valence-corrected chi connectivity index (χ0v) is 10.4. The Bertz CT molecular complexity index is 749. The van der Waals surface area contributed by atoms with Crippen LogP contribution in [0, 0.1) is 0 Å². The molecule has 0 radical (unpaired) electrons. The van der Waals surface area contributed by atoms with Crippen LogP contribution in [0.4, 0.5) is 13.2 Å². The van der Waals surface area contributed by atoms with Crippen LogP contribution in [0.3, 0.4) is 0 Å². The monoisotopic (exact) mass is 273 g/mol. The zero-order chi connectivity index (χ0) is 14.2. The first-order chi connectivity index (χ1) is 9.54. The molecule has 1 nitrogen and oxygen atoms in total.